The number of benzene rings is 2. The van der Waals surface area contributed by atoms with E-state index in [0.717, 1.165) is 131 Å². The SMILES string of the molecule is Cc1ncsc1-c1ccc([C@H](C)NC(=O)[C@@H]2C[C@@H](O)CN2C(=O)[C@@H](c2cc(N3CCC(CN4CCC(OC5CC(N6CCC(CC#Cc7cncc(-c8ccccc8O)[nH][nH]c7N)CC6)C5)CC4)CC3)no2)C(C)C)cc1. The monoisotopic (exact) mass is 1070 g/mol. The van der Waals surface area contributed by atoms with E-state index in [9.17, 15) is 19.8 Å². The summed E-state index contributed by atoms with van der Waals surface area (Å²) in [7, 11) is 0. The highest BCUT2D eigenvalue weighted by Gasteiger charge is 2.44. The molecule has 1 aliphatic carbocycles. The molecule has 3 aromatic heterocycles. The molecule has 17 nitrogen and oxygen atoms in total. The summed E-state index contributed by atoms with van der Waals surface area (Å²) < 4.78 is 12.6. The number of nitrogens with two attached hydrogens (primary N) is 1. The number of rotatable bonds is 15. The Bertz CT molecular complexity index is 2890. The van der Waals surface area contributed by atoms with Gasteiger partial charge in [-0.25, -0.2) is 4.98 Å². The predicted octanol–water partition coefficient (Wildman–Crippen LogP) is 8.20. The lowest BCUT2D eigenvalue weighted by atomic mass is 9.84. The molecule has 10 rings (SSSR count). The molecule has 7 heterocycles. The number of phenols is 1. The number of aryl methyl sites for hydroxylation is 1. The van der Waals surface area contributed by atoms with Crippen LogP contribution in [0.15, 0.2) is 77.0 Å². The van der Waals surface area contributed by atoms with Crippen molar-refractivity contribution in [2.75, 3.05) is 63.0 Å². The number of ether oxygens (including phenoxy) is 1. The lowest BCUT2D eigenvalue weighted by molar-refractivity contribution is -0.141. The van der Waals surface area contributed by atoms with Crippen molar-refractivity contribution in [1.29, 1.82) is 0 Å². The number of aromatic amines is 2. The standard InChI is InChI=1S/C59H77N11O6S/c1-37(2)55(59(74)70-35-46(71)30-51(70)58(73)63-38(3)42-12-14-43(15-13-42)56-39(4)62-36-77-56)53-31-54(66-76-53)69-26-18-41(19-27-69)34-67-22-20-47(21-23-67)75-48-28-45(29-48)68-24-16-40(17-25-68)8-7-9-44-32-61-33-50(64-65-57(44)60)49-10-5-6-11-52(49)72/h5-6,10-15,31-33,36-38,40-41,45-48,51,55,64-65,71-72H,8,16-30,34-35,60H2,1-4H3,(H,63,73)/t38-,45?,46+,48?,51-,55+/m0/s1. The minimum absolute atomic E-state index is 0.0911. The highest BCUT2D eigenvalue weighted by molar-refractivity contribution is 7.13. The van der Waals surface area contributed by atoms with E-state index in [4.69, 9.17) is 15.0 Å². The van der Waals surface area contributed by atoms with Crippen LogP contribution in [-0.4, -0.2) is 145 Å². The van der Waals surface area contributed by atoms with Gasteiger partial charge in [-0.15, -0.1) is 11.3 Å². The molecule has 5 aromatic rings. The summed E-state index contributed by atoms with van der Waals surface area (Å²) in [4.78, 5) is 47.2. The predicted molar refractivity (Wildman–Crippen MR) is 299 cm³/mol. The van der Waals surface area contributed by atoms with Gasteiger partial charge in [0.2, 0.25) is 11.8 Å². The van der Waals surface area contributed by atoms with E-state index in [2.05, 4.69) is 57.2 Å². The number of thiazole rings is 1. The fourth-order valence-electron chi connectivity index (χ4n) is 12.1. The number of H-pyrrole nitrogens is 2. The average molecular weight is 1070 g/mol. The van der Waals surface area contributed by atoms with Crippen molar-refractivity contribution in [3.63, 3.8) is 0 Å². The molecular formula is C59H77N11O6S. The number of piperidine rings is 3. The van der Waals surface area contributed by atoms with Gasteiger partial charge in [-0.1, -0.05) is 67.2 Å². The maximum atomic E-state index is 14.4. The number of para-hydroxylation sites is 1. The van der Waals surface area contributed by atoms with Crippen LogP contribution in [0.3, 0.4) is 0 Å². The van der Waals surface area contributed by atoms with Gasteiger partial charge in [-0.05, 0) is 119 Å². The van der Waals surface area contributed by atoms with Crippen LogP contribution in [-0.2, 0) is 14.3 Å². The number of aromatic nitrogens is 5. The fraction of sp³-hybridized carbons (Fsp3) is 0.542. The van der Waals surface area contributed by atoms with E-state index >= 15 is 0 Å². The maximum Gasteiger partial charge on any atom is 0.243 e. The molecule has 1 saturated carbocycles. The Labute approximate surface area is 456 Å². The summed E-state index contributed by atoms with van der Waals surface area (Å²) >= 11 is 1.60. The van der Waals surface area contributed by atoms with E-state index < -0.39 is 18.1 Å². The van der Waals surface area contributed by atoms with Crippen molar-refractivity contribution >= 4 is 34.8 Å². The molecule has 410 valence electrons. The van der Waals surface area contributed by atoms with Gasteiger partial charge in [0.05, 0.1) is 57.9 Å². The van der Waals surface area contributed by atoms with Gasteiger partial charge in [-0.3, -0.25) is 24.8 Å². The van der Waals surface area contributed by atoms with Crippen LogP contribution in [0.2, 0.25) is 0 Å². The van der Waals surface area contributed by atoms with Crippen LogP contribution < -0.4 is 16.0 Å². The van der Waals surface area contributed by atoms with Crippen LogP contribution in [0.25, 0.3) is 21.7 Å². The molecule has 18 heteroatoms. The number of aliphatic hydroxyl groups is 1. The molecule has 7 N–H and O–H groups in total. The first-order chi connectivity index (χ1) is 37.3. The number of amides is 2. The Morgan fingerprint density at radius 2 is 1.66 bits per heavy atom. The van der Waals surface area contributed by atoms with Crippen LogP contribution >= 0.6 is 11.3 Å². The van der Waals surface area contributed by atoms with Gasteiger partial charge >= 0.3 is 0 Å². The van der Waals surface area contributed by atoms with Gasteiger partial charge in [0.25, 0.3) is 0 Å². The van der Waals surface area contributed by atoms with Crippen molar-refractivity contribution in [3.05, 3.63) is 95.1 Å². The number of carbonyl (C=O) groups is 2. The molecule has 5 fully saturated rings. The van der Waals surface area contributed by atoms with Crippen LogP contribution in [0, 0.1) is 36.5 Å². The van der Waals surface area contributed by atoms with Crippen LogP contribution in [0.1, 0.15) is 120 Å². The summed E-state index contributed by atoms with van der Waals surface area (Å²) in [5.41, 5.74) is 13.0. The van der Waals surface area contributed by atoms with E-state index in [0.29, 0.717) is 58.5 Å². The summed E-state index contributed by atoms with van der Waals surface area (Å²) in [6.07, 6.45) is 13.1. The average Bonchev–Trinajstić information content (AvgIpc) is 4.18. The quantitative estimate of drug-likeness (QED) is 0.0546. The van der Waals surface area contributed by atoms with Crippen LogP contribution in [0.4, 0.5) is 11.6 Å². The Morgan fingerprint density at radius 3 is 2.38 bits per heavy atom. The Morgan fingerprint density at radius 1 is 0.922 bits per heavy atom. The zero-order valence-corrected chi connectivity index (χ0v) is 45.9. The second-order valence-corrected chi connectivity index (χ2v) is 23.4. The first kappa shape index (κ1) is 54.1. The van der Waals surface area contributed by atoms with Gasteiger partial charge in [0.15, 0.2) is 11.6 Å². The number of phenolic OH excluding ortho intramolecular Hbond substituents is 1. The molecule has 4 saturated heterocycles. The molecule has 4 atom stereocenters. The molecular weight excluding hydrogens is 991 g/mol. The van der Waals surface area contributed by atoms with Gasteiger partial charge < -0.3 is 50.1 Å². The first-order valence-corrected chi connectivity index (χ1v) is 28.9. The third-order valence-electron chi connectivity index (χ3n) is 16.8. The maximum absolute atomic E-state index is 14.4. The number of carbonyl (C=O) groups excluding carboxylic acids is 2. The lowest BCUT2D eigenvalue weighted by Gasteiger charge is -2.47. The number of nitrogen functional groups attached to an aromatic ring is 1. The minimum atomic E-state index is -0.796. The number of hydrogen-bond acceptors (Lipinski definition) is 14. The fourth-order valence-corrected chi connectivity index (χ4v) is 12.9. The molecule has 2 amide bonds. The second kappa shape index (κ2) is 24.6. The number of nitrogens with zero attached hydrogens (tertiary/aromatic N) is 7. The van der Waals surface area contributed by atoms with Gasteiger partial charge in [0.1, 0.15) is 23.5 Å². The topological polar surface area (TPSA) is 218 Å². The summed E-state index contributed by atoms with van der Waals surface area (Å²) in [5.74, 6) is 8.28. The second-order valence-electron chi connectivity index (χ2n) is 22.5. The Balaban J connectivity index is 0.617. The normalized spacial score (nSPS) is 22.8. The van der Waals surface area contributed by atoms with Crippen molar-refractivity contribution in [3.8, 4) is 39.3 Å². The lowest BCUT2D eigenvalue weighted by Crippen LogP contribution is -2.52. The number of aliphatic hydroxyl groups excluding tert-OH is 1. The number of likely N-dealkylation sites (tertiary alicyclic amines) is 3. The van der Waals surface area contributed by atoms with Crippen LogP contribution in [0.5, 0.6) is 5.75 Å². The van der Waals surface area contributed by atoms with E-state index in [-0.39, 0.29) is 42.5 Å². The Hall–Kier alpha value is -6.23. The molecule has 0 bridgehead atoms. The van der Waals surface area contributed by atoms with E-state index in [1.807, 2.05) is 75.7 Å². The number of β-amino-alcohol motifs (C(OH)–C–C–N with tert-alkyl or cyclic N) is 1. The minimum Gasteiger partial charge on any atom is -0.507 e. The van der Waals surface area contributed by atoms with E-state index in [1.54, 1.807) is 40.8 Å². The van der Waals surface area contributed by atoms with Crippen molar-refractivity contribution in [2.45, 2.75) is 134 Å². The smallest absolute Gasteiger partial charge is 0.243 e. The molecule has 5 aliphatic rings. The molecule has 0 radical (unpaired) electrons. The number of hydrogen-bond donors (Lipinski definition) is 6. The van der Waals surface area contributed by atoms with Crippen molar-refractivity contribution in [1.82, 2.24) is 45.3 Å². The highest BCUT2D eigenvalue weighted by Crippen LogP contribution is 2.37. The van der Waals surface area contributed by atoms with Gasteiger partial charge in [-0.2, -0.15) is 0 Å². The van der Waals surface area contributed by atoms with E-state index in [1.165, 1.54) is 0 Å². The molecule has 77 heavy (non-hydrogen) atoms. The zero-order chi connectivity index (χ0) is 53.6. The number of aromatic hydroxyl groups is 1. The first-order valence-electron chi connectivity index (χ1n) is 28.0. The number of nitrogens with one attached hydrogen (secondary N) is 3. The zero-order valence-electron chi connectivity index (χ0n) is 45.1. The largest absolute Gasteiger partial charge is 0.507 e. The summed E-state index contributed by atoms with van der Waals surface area (Å²) in [6.45, 7) is 15.2. The van der Waals surface area contributed by atoms with Crippen molar-refractivity contribution in [2.24, 2.45) is 17.8 Å². The third kappa shape index (κ3) is 13.0. The Kier molecular flexibility index (Phi) is 17.3. The molecule has 4 aliphatic heterocycles. The van der Waals surface area contributed by atoms with Gasteiger partial charge in [0, 0.05) is 76.0 Å². The highest BCUT2D eigenvalue weighted by atomic mass is 32.1. The molecule has 2 aromatic carbocycles. The number of anilines is 2. The molecule has 0 unspecified atom stereocenters. The summed E-state index contributed by atoms with van der Waals surface area (Å²) in [5, 5.41) is 34.6. The van der Waals surface area contributed by atoms with Crippen molar-refractivity contribution < 1.29 is 29.1 Å². The summed E-state index contributed by atoms with van der Waals surface area (Å²) in [6, 6.07) is 16.6. The molecule has 0 spiro atoms. The third-order valence-corrected chi connectivity index (χ3v) is 17.8.